The summed E-state index contributed by atoms with van der Waals surface area (Å²) >= 11 is 0. The number of ether oxygens (including phenoxy) is 1. The first-order valence-electron chi connectivity index (χ1n) is 6.50. The van der Waals surface area contributed by atoms with Crippen molar-refractivity contribution >= 4 is 23.8 Å². The molecule has 20 heavy (non-hydrogen) atoms. The van der Waals surface area contributed by atoms with E-state index in [0.717, 1.165) is 17.7 Å². The summed E-state index contributed by atoms with van der Waals surface area (Å²) in [6.07, 6.45) is 2.17. The van der Waals surface area contributed by atoms with Gasteiger partial charge in [-0.25, -0.2) is 9.59 Å². The van der Waals surface area contributed by atoms with E-state index in [1.54, 1.807) is 0 Å². The summed E-state index contributed by atoms with van der Waals surface area (Å²) in [5, 5.41) is 2.35. The van der Waals surface area contributed by atoms with Gasteiger partial charge in [-0.3, -0.25) is 14.5 Å². The lowest BCUT2D eigenvalue weighted by molar-refractivity contribution is -0.155. The van der Waals surface area contributed by atoms with E-state index in [0.29, 0.717) is 13.0 Å². The van der Waals surface area contributed by atoms with E-state index in [-0.39, 0.29) is 13.1 Å². The van der Waals surface area contributed by atoms with Crippen LogP contribution in [0.15, 0.2) is 0 Å². The molecular weight excluding hydrogens is 266 g/mol. The maximum absolute atomic E-state index is 12.2. The molecule has 4 amide bonds. The molecule has 2 fully saturated rings. The first kappa shape index (κ1) is 14.3. The molecule has 0 radical (unpaired) electrons. The van der Waals surface area contributed by atoms with Crippen LogP contribution in [0.5, 0.6) is 0 Å². The van der Waals surface area contributed by atoms with Crippen LogP contribution in [0, 0.1) is 0 Å². The van der Waals surface area contributed by atoms with Gasteiger partial charge in [-0.15, -0.1) is 0 Å². The molecule has 110 valence electrons. The molecule has 2 saturated heterocycles. The first-order chi connectivity index (χ1) is 9.54. The van der Waals surface area contributed by atoms with Gasteiger partial charge < -0.3 is 15.0 Å². The van der Waals surface area contributed by atoms with Crippen LogP contribution in [0.3, 0.4) is 0 Å². The van der Waals surface area contributed by atoms with Crippen molar-refractivity contribution in [3.8, 4) is 0 Å². The lowest BCUT2D eigenvalue weighted by Crippen LogP contribution is -2.52. The summed E-state index contributed by atoms with van der Waals surface area (Å²) in [4.78, 5) is 49.0. The van der Waals surface area contributed by atoms with Crippen LogP contribution in [0.2, 0.25) is 0 Å². The number of imide groups is 1. The van der Waals surface area contributed by atoms with Gasteiger partial charge in [-0.05, 0) is 19.3 Å². The zero-order chi connectivity index (χ0) is 14.7. The highest BCUT2D eigenvalue weighted by Gasteiger charge is 2.36. The normalized spacial score (nSPS) is 22.8. The van der Waals surface area contributed by atoms with Gasteiger partial charge in [-0.2, -0.15) is 0 Å². The molecule has 1 N–H and O–H groups in total. The predicted octanol–water partition coefficient (Wildman–Crippen LogP) is -0.908. The number of hydrogen-bond acceptors (Lipinski definition) is 5. The Bertz CT molecular complexity index is 434. The van der Waals surface area contributed by atoms with Gasteiger partial charge in [0, 0.05) is 6.54 Å². The van der Waals surface area contributed by atoms with Gasteiger partial charge in [0.1, 0.15) is 12.6 Å². The molecule has 0 aromatic carbocycles. The topological polar surface area (TPSA) is 96.0 Å². The highest BCUT2D eigenvalue weighted by Crippen LogP contribution is 2.18. The number of piperidine rings is 1. The molecule has 2 rings (SSSR count). The zero-order valence-electron chi connectivity index (χ0n) is 11.3. The molecule has 0 bridgehead atoms. The summed E-state index contributed by atoms with van der Waals surface area (Å²) in [7, 11) is 1.27. The number of hydrogen-bond donors (Lipinski definition) is 1. The highest BCUT2D eigenvalue weighted by atomic mass is 16.5. The first-order valence-corrected chi connectivity index (χ1v) is 6.50. The monoisotopic (exact) mass is 283 g/mol. The minimum absolute atomic E-state index is 0.0907. The van der Waals surface area contributed by atoms with Gasteiger partial charge in [0.25, 0.3) is 5.91 Å². The predicted molar refractivity (Wildman–Crippen MR) is 66.5 cm³/mol. The maximum Gasteiger partial charge on any atom is 0.328 e. The van der Waals surface area contributed by atoms with Crippen molar-refractivity contribution in [1.29, 1.82) is 0 Å². The zero-order valence-corrected chi connectivity index (χ0v) is 11.3. The standard InChI is InChI=1S/C12H17N3O5/c1-20-11(18)8-4-2-3-5-14(8)10(17)7-15-9(16)6-13-12(15)19/h8H,2-7H2,1H3,(H,13,19)/t8-/m1/s1. The average Bonchev–Trinajstić information content (AvgIpc) is 2.78. The number of rotatable bonds is 3. The molecule has 0 unspecified atom stereocenters. The molecule has 8 nitrogen and oxygen atoms in total. The number of carbonyl (C=O) groups is 4. The van der Waals surface area contributed by atoms with E-state index >= 15 is 0 Å². The van der Waals surface area contributed by atoms with Gasteiger partial charge >= 0.3 is 12.0 Å². The van der Waals surface area contributed by atoms with Gasteiger partial charge in [0.2, 0.25) is 5.91 Å². The van der Waals surface area contributed by atoms with E-state index in [1.165, 1.54) is 12.0 Å². The van der Waals surface area contributed by atoms with Crippen LogP contribution in [-0.4, -0.2) is 66.4 Å². The largest absolute Gasteiger partial charge is 0.467 e. The van der Waals surface area contributed by atoms with Crippen molar-refractivity contribution in [1.82, 2.24) is 15.1 Å². The summed E-state index contributed by atoms with van der Waals surface area (Å²) in [6, 6.07) is -1.20. The third-order valence-corrected chi connectivity index (χ3v) is 3.53. The van der Waals surface area contributed by atoms with E-state index in [4.69, 9.17) is 0 Å². The highest BCUT2D eigenvalue weighted by molar-refractivity contribution is 6.04. The van der Waals surface area contributed by atoms with Gasteiger partial charge in [0.05, 0.1) is 13.7 Å². The third kappa shape index (κ3) is 2.73. The lowest BCUT2D eigenvalue weighted by Gasteiger charge is -2.34. The number of carbonyl (C=O) groups excluding carboxylic acids is 4. The van der Waals surface area contributed by atoms with Crippen molar-refractivity contribution in [2.75, 3.05) is 26.7 Å². The van der Waals surface area contributed by atoms with Crippen LogP contribution in [-0.2, 0) is 19.1 Å². The number of amides is 4. The summed E-state index contributed by atoms with van der Waals surface area (Å²) < 4.78 is 4.69. The number of esters is 1. The van der Waals surface area contributed by atoms with E-state index < -0.39 is 29.9 Å². The number of methoxy groups -OCH3 is 1. The number of likely N-dealkylation sites (tertiary alicyclic amines) is 1. The van der Waals surface area contributed by atoms with Crippen LogP contribution in [0.4, 0.5) is 4.79 Å². The van der Waals surface area contributed by atoms with Crippen LogP contribution >= 0.6 is 0 Å². The molecule has 1 atom stereocenters. The average molecular weight is 283 g/mol. The molecule has 0 saturated carbocycles. The van der Waals surface area contributed by atoms with Gasteiger partial charge in [0.15, 0.2) is 0 Å². The quantitative estimate of drug-likeness (QED) is 0.534. The molecule has 2 aliphatic rings. The minimum atomic E-state index is -0.623. The Morgan fingerprint density at radius 2 is 2.10 bits per heavy atom. The second kappa shape index (κ2) is 5.89. The maximum atomic E-state index is 12.2. The Morgan fingerprint density at radius 1 is 1.35 bits per heavy atom. The lowest BCUT2D eigenvalue weighted by atomic mass is 10.0. The molecule has 0 aromatic heterocycles. The third-order valence-electron chi connectivity index (χ3n) is 3.53. The van der Waals surface area contributed by atoms with E-state index in [9.17, 15) is 19.2 Å². The Morgan fingerprint density at radius 3 is 2.70 bits per heavy atom. The second-order valence-corrected chi connectivity index (χ2v) is 4.76. The molecule has 0 aliphatic carbocycles. The molecule has 8 heteroatoms. The van der Waals surface area contributed by atoms with Crippen LogP contribution in [0.25, 0.3) is 0 Å². The molecular formula is C12H17N3O5. The number of nitrogens with one attached hydrogen (secondary N) is 1. The summed E-state index contributed by atoms with van der Waals surface area (Å²) in [5.74, 6) is -1.31. The van der Waals surface area contributed by atoms with E-state index in [1.807, 2.05) is 0 Å². The van der Waals surface area contributed by atoms with Crippen molar-refractivity contribution < 1.29 is 23.9 Å². The smallest absolute Gasteiger partial charge is 0.328 e. The van der Waals surface area contributed by atoms with Crippen molar-refractivity contribution in [3.05, 3.63) is 0 Å². The fourth-order valence-electron chi connectivity index (χ4n) is 2.45. The van der Waals surface area contributed by atoms with Crippen LogP contribution in [0.1, 0.15) is 19.3 Å². The fraction of sp³-hybridized carbons (Fsp3) is 0.667. The number of urea groups is 1. The number of nitrogens with zero attached hydrogens (tertiary/aromatic N) is 2. The van der Waals surface area contributed by atoms with E-state index in [2.05, 4.69) is 10.1 Å². The minimum Gasteiger partial charge on any atom is -0.467 e. The second-order valence-electron chi connectivity index (χ2n) is 4.76. The molecule has 2 heterocycles. The van der Waals surface area contributed by atoms with Crippen molar-refractivity contribution in [2.45, 2.75) is 25.3 Å². The Kier molecular flexibility index (Phi) is 4.21. The Labute approximate surface area is 116 Å². The summed E-state index contributed by atoms with van der Waals surface area (Å²) in [5.41, 5.74) is 0. The molecule has 2 aliphatic heterocycles. The van der Waals surface area contributed by atoms with Crippen molar-refractivity contribution in [2.24, 2.45) is 0 Å². The SMILES string of the molecule is COC(=O)[C@H]1CCCCN1C(=O)CN1C(=O)CNC1=O. The summed E-state index contributed by atoms with van der Waals surface area (Å²) in [6.45, 7) is 0.00690. The Balaban J connectivity index is 2.04. The fourth-order valence-corrected chi connectivity index (χ4v) is 2.45. The van der Waals surface area contributed by atoms with Crippen LogP contribution < -0.4 is 5.32 Å². The Hall–Kier alpha value is -2.12. The molecule has 0 spiro atoms. The van der Waals surface area contributed by atoms with Gasteiger partial charge in [-0.1, -0.05) is 0 Å². The molecule has 0 aromatic rings. The van der Waals surface area contributed by atoms with Crippen molar-refractivity contribution in [3.63, 3.8) is 0 Å².